The van der Waals surface area contributed by atoms with Crippen molar-refractivity contribution in [3.8, 4) is 0 Å². The highest BCUT2D eigenvalue weighted by atomic mass is 16.4. The van der Waals surface area contributed by atoms with Crippen LogP contribution in [0.25, 0.3) is 0 Å². The Balaban J connectivity index is 5.39. The first-order valence-corrected chi connectivity index (χ1v) is 10.9. The molecule has 5 atom stereocenters. The Kier molecular flexibility index (Phi) is 13.9. The van der Waals surface area contributed by atoms with Crippen molar-refractivity contribution in [2.75, 3.05) is 6.54 Å². The molecule has 0 aliphatic heterocycles. The average molecular weight is 475 g/mol. The summed E-state index contributed by atoms with van der Waals surface area (Å²) in [5.74, 6) is -4.55. The fourth-order valence-corrected chi connectivity index (χ4v) is 2.96. The third-order valence-electron chi connectivity index (χ3n) is 4.72. The lowest BCUT2D eigenvalue weighted by Gasteiger charge is -2.27. The Hall–Kier alpha value is -2.77. The number of unbranched alkanes of at least 4 members (excludes halogenated alkanes) is 1. The molecule has 11 N–H and O–H groups in total. The van der Waals surface area contributed by atoms with Crippen LogP contribution in [0.15, 0.2) is 0 Å². The number of carbonyl (C=O) groups excluding carboxylic acids is 4. The Morgan fingerprint density at radius 1 is 0.879 bits per heavy atom. The number of hydrogen-bond donors (Lipinski definition) is 8. The molecule has 0 aromatic heterocycles. The monoisotopic (exact) mass is 474 g/mol. The van der Waals surface area contributed by atoms with Crippen LogP contribution < -0.4 is 33.2 Å². The van der Waals surface area contributed by atoms with Crippen molar-refractivity contribution in [1.82, 2.24) is 16.0 Å². The largest absolute Gasteiger partial charge is 0.480 e. The Bertz CT molecular complexity index is 686. The molecular weight excluding hydrogens is 436 g/mol. The fraction of sp³-hybridized carbons (Fsp3) is 0.750. The second kappa shape index (κ2) is 15.1. The second-order valence-electron chi connectivity index (χ2n) is 8.38. The molecule has 0 aliphatic rings. The maximum Gasteiger partial charge on any atom is 0.326 e. The van der Waals surface area contributed by atoms with Gasteiger partial charge in [-0.3, -0.25) is 19.2 Å². The number of carboxylic acid groups (broad SMARTS) is 1. The lowest BCUT2D eigenvalue weighted by Crippen LogP contribution is -2.60. The molecule has 4 amide bonds. The predicted octanol–water partition coefficient (Wildman–Crippen LogP) is -2.72. The topological polar surface area (TPSA) is 240 Å². The van der Waals surface area contributed by atoms with Gasteiger partial charge in [0.15, 0.2) is 0 Å². The fourth-order valence-electron chi connectivity index (χ4n) is 2.96. The highest BCUT2D eigenvalue weighted by molar-refractivity contribution is 5.95. The summed E-state index contributed by atoms with van der Waals surface area (Å²) in [6.07, 6.45) is -0.380. The van der Waals surface area contributed by atoms with E-state index < -0.39 is 66.3 Å². The van der Waals surface area contributed by atoms with E-state index in [0.29, 0.717) is 19.4 Å². The molecule has 0 radical (unpaired) electrons. The van der Waals surface area contributed by atoms with Gasteiger partial charge in [0.1, 0.15) is 18.1 Å². The molecule has 13 heteroatoms. The van der Waals surface area contributed by atoms with Crippen LogP contribution in [0.1, 0.15) is 52.9 Å². The van der Waals surface area contributed by atoms with Crippen LogP contribution in [-0.4, -0.2) is 76.6 Å². The lowest BCUT2D eigenvalue weighted by atomic mass is 10.0. The number of nitrogens with two attached hydrogens (primary N) is 3. The highest BCUT2D eigenvalue weighted by Gasteiger charge is 2.32. The summed E-state index contributed by atoms with van der Waals surface area (Å²) in [6, 6.07) is -5.07. The van der Waals surface area contributed by atoms with Gasteiger partial charge in [0.05, 0.1) is 18.6 Å². The number of carboxylic acids is 1. The zero-order chi connectivity index (χ0) is 25.7. The molecule has 190 valence electrons. The van der Waals surface area contributed by atoms with Crippen LogP contribution in [0, 0.1) is 5.92 Å². The molecular formula is C20H38N6O7. The SMILES string of the molecule is CC(C)CC(NC(=O)C(NC(=O)C(N)CC(N)=O)C(C)O)C(=O)NC(CCCCN)C(=O)O. The van der Waals surface area contributed by atoms with Gasteiger partial charge in [0, 0.05) is 0 Å². The van der Waals surface area contributed by atoms with Gasteiger partial charge in [-0.05, 0) is 45.1 Å². The molecule has 0 fully saturated rings. The van der Waals surface area contributed by atoms with Crippen molar-refractivity contribution < 1.29 is 34.2 Å². The number of carbonyl (C=O) groups is 5. The van der Waals surface area contributed by atoms with E-state index in [1.165, 1.54) is 6.92 Å². The van der Waals surface area contributed by atoms with Gasteiger partial charge >= 0.3 is 5.97 Å². The van der Waals surface area contributed by atoms with Crippen LogP contribution in [0.2, 0.25) is 0 Å². The normalized spacial score (nSPS) is 15.6. The molecule has 0 rings (SSSR count). The maximum atomic E-state index is 12.8. The van der Waals surface area contributed by atoms with Crippen molar-refractivity contribution in [1.29, 1.82) is 0 Å². The highest BCUT2D eigenvalue weighted by Crippen LogP contribution is 2.08. The van der Waals surface area contributed by atoms with Crippen molar-refractivity contribution in [3.05, 3.63) is 0 Å². The summed E-state index contributed by atoms with van der Waals surface area (Å²) < 4.78 is 0. The molecule has 0 spiro atoms. The van der Waals surface area contributed by atoms with E-state index >= 15 is 0 Å². The van der Waals surface area contributed by atoms with Gasteiger partial charge in [0.2, 0.25) is 23.6 Å². The van der Waals surface area contributed by atoms with E-state index in [0.717, 1.165) is 0 Å². The molecule has 0 bridgehead atoms. The summed E-state index contributed by atoms with van der Waals surface area (Å²) in [5.41, 5.74) is 16.0. The number of rotatable bonds is 16. The minimum atomic E-state index is -1.47. The molecule has 33 heavy (non-hydrogen) atoms. The zero-order valence-electron chi connectivity index (χ0n) is 19.4. The third-order valence-corrected chi connectivity index (χ3v) is 4.72. The zero-order valence-corrected chi connectivity index (χ0v) is 19.4. The Morgan fingerprint density at radius 3 is 1.91 bits per heavy atom. The Labute approximate surface area is 193 Å². The van der Waals surface area contributed by atoms with Crippen LogP contribution in [-0.2, 0) is 24.0 Å². The van der Waals surface area contributed by atoms with Crippen molar-refractivity contribution in [3.63, 3.8) is 0 Å². The van der Waals surface area contributed by atoms with E-state index in [4.69, 9.17) is 17.2 Å². The van der Waals surface area contributed by atoms with Gasteiger partial charge in [0.25, 0.3) is 0 Å². The number of aliphatic carboxylic acids is 1. The van der Waals surface area contributed by atoms with Crippen LogP contribution in [0.4, 0.5) is 0 Å². The first kappa shape index (κ1) is 30.2. The van der Waals surface area contributed by atoms with Gasteiger partial charge in [-0.1, -0.05) is 13.8 Å². The predicted molar refractivity (Wildman–Crippen MR) is 119 cm³/mol. The summed E-state index contributed by atoms with van der Waals surface area (Å²) in [5, 5.41) is 26.5. The van der Waals surface area contributed by atoms with Crippen molar-refractivity contribution in [2.45, 2.75) is 83.1 Å². The maximum absolute atomic E-state index is 12.8. The molecule has 0 aromatic carbocycles. The standard InChI is InChI=1S/C20H38N6O7/c1-10(2)8-14(18(30)24-13(20(32)33)6-4-5-7-21)25-19(31)16(11(3)27)26-17(29)12(22)9-15(23)28/h10-14,16,27H,4-9,21-22H2,1-3H3,(H2,23,28)(H,24,30)(H,25,31)(H,26,29)(H,32,33). The van der Waals surface area contributed by atoms with Gasteiger partial charge in [-0.25, -0.2) is 4.79 Å². The molecule has 0 heterocycles. The average Bonchev–Trinajstić information content (AvgIpc) is 2.69. The molecule has 0 saturated carbocycles. The van der Waals surface area contributed by atoms with Gasteiger partial charge in [-0.2, -0.15) is 0 Å². The van der Waals surface area contributed by atoms with Crippen LogP contribution in [0.3, 0.4) is 0 Å². The summed E-state index contributed by atoms with van der Waals surface area (Å²) in [7, 11) is 0. The molecule has 0 saturated heterocycles. The van der Waals surface area contributed by atoms with E-state index in [9.17, 15) is 34.2 Å². The van der Waals surface area contributed by atoms with Gasteiger partial charge in [-0.15, -0.1) is 0 Å². The lowest BCUT2D eigenvalue weighted by molar-refractivity contribution is -0.142. The number of primary amides is 1. The quantitative estimate of drug-likeness (QED) is 0.108. The number of hydrogen-bond acceptors (Lipinski definition) is 8. The number of aliphatic hydroxyl groups excluding tert-OH is 1. The smallest absolute Gasteiger partial charge is 0.326 e. The second-order valence-corrected chi connectivity index (χ2v) is 8.38. The molecule has 13 nitrogen and oxygen atoms in total. The minimum absolute atomic E-state index is 0.0508. The van der Waals surface area contributed by atoms with E-state index in [-0.39, 0.29) is 18.8 Å². The number of amides is 4. The van der Waals surface area contributed by atoms with Crippen molar-refractivity contribution >= 4 is 29.6 Å². The number of aliphatic hydroxyl groups is 1. The third kappa shape index (κ3) is 12.2. The van der Waals surface area contributed by atoms with E-state index in [2.05, 4.69) is 16.0 Å². The summed E-state index contributed by atoms with van der Waals surface area (Å²) in [6.45, 7) is 5.25. The van der Waals surface area contributed by atoms with Crippen LogP contribution in [0.5, 0.6) is 0 Å². The minimum Gasteiger partial charge on any atom is -0.480 e. The Morgan fingerprint density at radius 2 is 1.45 bits per heavy atom. The summed E-state index contributed by atoms with van der Waals surface area (Å²) in [4.78, 5) is 60.1. The molecule has 5 unspecified atom stereocenters. The van der Waals surface area contributed by atoms with Crippen LogP contribution >= 0.6 is 0 Å². The van der Waals surface area contributed by atoms with E-state index in [1.807, 2.05) is 0 Å². The van der Waals surface area contributed by atoms with E-state index in [1.54, 1.807) is 13.8 Å². The van der Waals surface area contributed by atoms with Crippen molar-refractivity contribution in [2.24, 2.45) is 23.1 Å². The number of nitrogens with one attached hydrogen (secondary N) is 3. The summed E-state index contributed by atoms with van der Waals surface area (Å²) >= 11 is 0. The molecule has 0 aromatic rings. The first-order valence-electron chi connectivity index (χ1n) is 10.9. The van der Waals surface area contributed by atoms with Gasteiger partial charge < -0.3 is 43.4 Å². The first-order chi connectivity index (χ1) is 15.3. The molecule has 0 aliphatic carbocycles.